The lowest BCUT2D eigenvalue weighted by Crippen LogP contribution is -2.27. The van der Waals surface area contributed by atoms with E-state index in [9.17, 15) is 14.9 Å². The number of hydrogen-bond acceptors (Lipinski definition) is 3. The number of non-ortho nitro benzene ring substituents is 1. The maximum atomic E-state index is 12.0. The third kappa shape index (κ3) is 3.06. The fourth-order valence-corrected chi connectivity index (χ4v) is 3.94. The lowest BCUT2D eigenvalue weighted by atomic mass is 9.86. The SMILES string of the molecule is O=C(NCCC1CC2CCC1C2)c1ccc([N+](=O)[O-])cc1. The van der Waals surface area contributed by atoms with Gasteiger partial charge in [-0.1, -0.05) is 6.42 Å². The maximum Gasteiger partial charge on any atom is 0.269 e. The molecule has 1 aromatic rings. The molecule has 0 saturated heterocycles. The number of rotatable bonds is 5. The summed E-state index contributed by atoms with van der Waals surface area (Å²) in [6.45, 7) is 0.698. The molecule has 2 aliphatic rings. The van der Waals surface area contributed by atoms with Gasteiger partial charge in [-0.05, 0) is 55.6 Å². The van der Waals surface area contributed by atoms with Crippen LogP contribution in [0.1, 0.15) is 42.5 Å². The van der Waals surface area contributed by atoms with Crippen LogP contribution >= 0.6 is 0 Å². The number of hydrogen-bond donors (Lipinski definition) is 1. The van der Waals surface area contributed by atoms with E-state index in [-0.39, 0.29) is 11.6 Å². The molecular formula is C16H20N2O3. The molecule has 1 amide bonds. The molecule has 112 valence electrons. The van der Waals surface area contributed by atoms with Gasteiger partial charge in [-0.15, -0.1) is 0 Å². The second kappa shape index (κ2) is 5.84. The van der Waals surface area contributed by atoms with Crippen LogP contribution in [-0.2, 0) is 0 Å². The van der Waals surface area contributed by atoms with Crippen LogP contribution in [0.25, 0.3) is 0 Å². The summed E-state index contributed by atoms with van der Waals surface area (Å²) >= 11 is 0. The molecule has 2 bridgehead atoms. The third-order valence-corrected chi connectivity index (χ3v) is 5.03. The Balaban J connectivity index is 1.46. The van der Waals surface area contributed by atoms with Crippen molar-refractivity contribution in [1.82, 2.24) is 5.32 Å². The van der Waals surface area contributed by atoms with E-state index in [1.54, 1.807) is 0 Å². The zero-order valence-corrected chi connectivity index (χ0v) is 12.0. The molecular weight excluding hydrogens is 268 g/mol. The fraction of sp³-hybridized carbons (Fsp3) is 0.562. The van der Waals surface area contributed by atoms with Gasteiger partial charge < -0.3 is 5.32 Å². The number of nitro benzene ring substituents is 1. The molecule has 21 heavy (non-hydrogen) atoms. The number of carbonyl (C=O) groups is 1. The molecule has 5 heteroatoms. The van der Waals surface area contributed by atoms with Gasteiger partial charge in [0.25, 0.3) is 11.6 Å². The molecule has 0 aromatic heterocycles. The molecule has 2 fully saturated rings. The number of carbonyl (C=O) groups excluding carboxylic acids is 1. The Kier molecular flexibility index (Phi) is 3.90. The topological polar surface area (TPSA) is 72.2 Å². The van der Waals surface area contributed by atoms with E-state index < -0.39 is 4.92 Å². The van der Waals surface area contributed by atoms with Crippen molar-refractivity contribution in [3.63, 3.8) is 0 Å². The van der Waals surface area contributed by atoms with Gasteiger partial charge in [0.1, 0.15) is 0 Å². The highest BCUT2D eigenvalue weighted by atomic mass is 16.6. The summed E-state index contributed by atoms with van der Waals surface area (Å²) in [4.78, 5) is 22.1. The van der Waals surface area contributed by atoms with Crippen molar-refractivity contribution in [3.05, 3.63) is 39.9 Å². The number of nitrogens with zero attached hydrogens (tertiary/aromatic N) is 1. The number of amides is 1. The second-order valence-electron chi connectivity index (χ2n) is 6.28. The lowest BCUT2D eigenvalue weighted by molar-refractivity contribution is -0.384. The largest absolute Gasteiger partial charge is 0.352 e. The number of benzene rings is 1. The second-order valence-corrected chi connectivity index (χ2v) is 6.28. The number of nitro groups is 1. The van der Waals surface area contributed by atoms with E-state index in [0.717, 1.165) is 24.2 Å². The highest BCUT2D eigenvalue weighted by Crippen LogP contribution is 2.49. The first-order valence-electron chi connectivity index (χ1n) is 7.66. The first kappa shape index (κ1) is 14.0. The van der Waals surface area contributed by atoms with E-state index in [4.69, 9.17) is 0 Å². The summed E-state index contributed by atoms with van der Waals surface area (Å²) in [6.07, 6.45) is 6.54. The predicted molar refractivity (Wildman–Crippen MR) is 79.0 cm³/mol. The summed E-state index contributed by atoms with van der Waals surface area (Å²) in [6, 6.07) is 5.74. The van der Waals surface area contributed by atoms with Crippen LogP contribution in [0.4, 0.5) is 5.69 Å². The Labute approximate surface area is 123 Å². The minimum Gasteiger partial charge on any atom is -0.352 e. The van der Waals surface area contributed by atoms with Crippen LogP contribution in [0.2, 0.25) is 0 Å². The minimum absolute atomic E-state index is 0.00790. The Hall–Kier alpha value is -1.91. The predicted octanol–water partition coefficient (Wildman–Crippen LogP) is 3.15. The van der Waals surface area contributed by atoms with Crippen molar-refractivity contribution >= 4 is 11.6 Å². The van der Waals surface area contributed by atoms with Crippen molar-refractivity contribution in [2.24, 2.45) is 17.8 Å². The first-order valence-corrected chi connectivity index (χ1v) is 7.66. The number of fused-ring (bicyclic) bond motifs is 2. The summed E-state index contributed by atoms with van der Waals surface area (Å²) in [5.41, 5.74) is 0.488. The molecule has 2 saturated carbocycles. The van der Waals surface area contributed by atoms with Crippen LogP contribution in [0, 0.1) is 27.9 Å². The molecule has 3 unspecified atom stereocenters. The van der Waals surface area contributed by atoms with Crippen molar-refractivity contribution < 1.29 is 9.72 Å². The van der Waals surface area contributed by atoms with Crippen molar-refractivity contribution in [2.45, 2.75) is 32.1 Å². The Bertz CT molecular complexity index is 541. The zero-order chi connectivity index (χ0) is 14.8. The quantitative estimate of drug-likeness (QED) is 0.668. The van der Waals surface area contributed by atoms with Crippen LogP contribution < -0.4 is 5.32 Å². The summed E-state index contributed by atoms with van der Waals surface area (Å²) < 4.78 is 0. The summed E-state index contributed by atoms with van der Waals surface area (Å²) in [7, 11) is 0. The van der Waals surface area contributed by atoms with Gasteiger partial charge in [-0.25, -0.2) is 0 Å². The molecule has 3 atom stereocenters. The normalized spacial score (nSPS) is 26.8. The van der Waals surface area contributed by atoms with Crippen LogP contribution in [0.5, 0.6) is 0 Å². The van der Waals surface area contributed by atoms with E-state index in [1.165, 1.54) is 49.9 Å². The Morgan fingerprint density at radius 2 is 2.00 bits per heavy atom. The molecule has 1 aromatic carbocycles. The lowest BCUT2D eigenvalue weighted by Gasteiger charge is -2.21. The Morgan fingerprint density at radius 3 is 2.57 bits per heavy atom. The molecule has 1 N–H and O–H groups in total. The summed E-state index contributed by atoms with van der Waals surface area (Å²) in [5, 5.41) is 13.5. The van der Waals surface area contributed by atoms with Gasteiger partial charge in [-0.2, -0.15) is 0 Å². The average molecular weight is 288 g/mol. The molecule has 0 spiro atoms. The van der Waals surface area contributed by atoms with Crippen molar-refractivity contribution in [2.75, 3.05) is 6.54 Å². The smallest absolute Gasteiger partial charge is 0.269 e. The highest BCUT2D eigenvalue weighted by Gasteiger charge is 2.38. The molecule has 3 rings (SSSR count). The van der Waals surface area contributed by atoms with E-state index >= 15 is 0 Å². The van der Waals surface area contributed by atoms with E-state index in [1.807, 2.05) is 0 Å². The van der Waals surface area contributed by atoms with E-state index in [2.05, 4.69) is 5.32 Å². The van der Waals surface area contributed by atoms with Gasteiger partial charge in [0.05, 0.1) is 4.92 Å². The van der Waals surface area contributed by atoms with Crippen molar-refractivity contribution in [3.8, 4) is 0 Å². The fourth-order valence-electron chi connectivity index (χ4n) is 3.94. The van der Waals surface area contributed by atoms with Gasteiger partial charge in [0.2, 0.25) is 0 Å². The Morgan fingerprint density at radius 1 is 1.24 bits per heavy atom. The van der Waals surface area contributed by atoms with Gasteiger partial charge in [0, 0.05) is 24.2 Å². The monoisotopic (exact) mass is 288 g/mol. The highest BCUT2D eigenvalue weighted by molar-refractivity contribution is 5.94. The third-order valence-electron chi connectivity index (χ3n) is 5.03. The van der Waals surface area contributed by atoms with Gasteiger partial charge in [0.15, 0.2) is 0 Å². The van der Waals surface area contributed by atoms with Gasteiger partial charge in [-0.3, -0.25) is 14.9 Å². The summed E-state index contributed by atoms with van der Waals surface area (Å²) in [5.74, 6) is 2.45. The zero-order valence-electron chi connectivity index (χ0n) is 12.0. The molecule has 0 heterocycles. The van der Waals surface area contributed by atoms with Crippen molar-refractivity contribution in [1.29, 1.82) is 0 Å². The molecule has 0 aliphatic heterocycles. The van der Waals surface area contributed by atoms with Crippen LogP contribution in [0.3, 0.4) is 0 Å². The maximum absolute atomic E-state index is 12.0. The molecule has 2 aliphatic carbocycles. The van der Waals surface area contributed by atoms with Gasteiger partial charge >= 0.3 is 0 Å². The van der Waals surface area contributed by atoms with Crippen LogP contribution in [0.15, 0.2) is 24.3 Å². The van der Waals surface area contributed by atoms with E-state index in [0.29, 0.717) is 12.1 Å². The minimum atomic E-state index is -0.461. The first-order chi connectivity index (χ1) is 10.1. The molecule has 5 nitrogen and oxygen atoms in total. The molecule has 0 radical (unpaired) electrons. The average Bonchev–Trinajstić information content (AvgIpc) is 3.10. The van der Waals surface area contributed by atoms with Crippen LogP contribution in [-0.4, -0.2) is 17.4 Å². The standard InChI is InChI=1S/C16H20N2O3/c19-16(12-3-5-15(6-4-12)18(20)21)17-8-7-14-10-11-1-2-13(14)9-11/h3-6,11,13-14H,1-2,7-10H2,(H,17,19). The number of nitrogens with one attached hydrogen (secondary N) is 1.